The summed E-state index contributed by atoms with van der Waals surface area (Å²) in [5.74, 6) is 0.812. The molecule has 3 amide bonds. The van der Waals surface area contributed by atoms with Gasteiger partial charge < -0.3 is 14.4 Å². The summed E-state index contributed by atoms with van der Waals surface area (Å²) in [6.07, 6.45) is 3.58. The van der Waals surface area contributed by atoms with Crippen molar-refractivity contribution in [1.29, 1.82) is 0 Å². The highest BCUT2D eigenvalue weighted by Gasteiger charge is 2.37. The summed E-state index contributed by atoms with van der Waals surface area (Å²) in [5.41, 5.74) is 2.08. The van der Waals surface area contributed by atoms with Crippen LogP contribution in [0.3, 0.4) is 0 Å². The van der Waals surface area contributed by atoms with E-state index < -0.39 is 11.1 Å². The van der Waals surface area contributed by atoms with Crippen molar-refractivity contribution < 1.29 is 23.9 Å². The predicted octanol–water partition coefficient (Wildman–Crippen LogP) is 5.10. The molecule has 2 fully saturated rings. The van der Waals surface area contributed by atoms with E-state index in [1.54, 1.807) is 11.0 Å². The van der Waals surface area contributed by atoms with Crippen molar-refractivity contribution in [1.82, 2.24) is 9.80 Å². The summed E-state index contributed by atoms with van der Waals surface area (Å²) in [5, 5.41) is -0.418. The highest BCUT2D eigenvalue weighted by atomic mass is 32.2. The average molecular weight is 509 g/mol. The molecule has 2 heterocycles. The van der Waals surface area contributed by atoms with E-state index in [4.69, 9.17) is 9.47 Å². The molecular weight excluding hydrogens is 476 g/mol. The van der Waals surface area contributed by atoms with Crippen LogP contribution in [0.5, 0.6) is 11.5 Å². The van der Waals surface area contributed by atoms with Gasteiger partial charge in [0.05, 0.1) is 4.91 Å². The first-order chi connectivity index (χ1) is 17.2. The second-order valence-corrected chi connectivity index (χ2v) is 10.9. The standard InChI is InChI=1S/C28H32N2O5S/c1-28(2,3)21-9-11-22(12-10-21)34-15-16-35-23-8-6-7-20(17-23)18-24-26(32)30(27(33)36-24)19-25(31)29-13-4-5-14-29/h6-12,17-18H,4-5,13-16,19H2,1-3H3/b24-18-. The summed E-state index contributed by atoms with van der Waals surface area (Å²) in [7, 11) is 0. The molecule has 36 heavy (non-hydrogen) atoms. The molecule has 0 bridgehead atoms. The lowest BCUT2D eigenvalue weighted by molar-refractivity contribution is -0.135. The van der Waals surface area contributed by atoms with Crippen LogP contribution in [-0.4, -0.2) is 59.7 Å². The third kappa shape index (κ3) is 6.49. The maximum Gasteiger partial charge on any atom is 0.294 e. The fourth-order valence-corrected chi connectivity index (χ4v) is 4.89. The van der Waals surface area contributed by atoms with Crippen molar-refractivity contribution in [2.45, 2.75) is 39.0 Å². The maximum absolute atomic E-state index is 12.8. The minimum atomic E-state index is -0.435. The van der Waals surface area contributed by atoms with Gasteiger partial charge in [-0.1, -0.05) is 45.0 Å². The molecule has 8 heteroatoms. The van der Waals surface area contributed by atoms with E-state index in [2.05, 4.69) is 32.9 Å². The molecule has 190 valence electrons. The van der Waals surface area contributed by atoms with E-state index in [9.17, 15) is 14.4 Å². The first-order valence-corrected chi connectivity index (χ1v) is 13.0. The van der Waals surface area contributed by atoms with E-state index in [-0.39, 0.29) is 17.9 Å². The van der Waals surface area contributed by atoms with Crippen molar-refractivity contribution in [3.05, 3.63) is 64.6 Å². The molecule has 0 saturated carbocycles. The van der Waals surface area contributed by atoms with Crippen LogP contribution in [0.15, 0.2) is 53.4 Å². The molecule has 0 unspecified atom stereocenters. The van der Waals surface area contributed by atoms with E-state index in [1.807, 2.05) is 36.4 Å². The molecule has 0 atom stereocenters. The Balaban J connectivity index is 1.29. The maximum atomic E-state index is 12.8. The quantitative estimate of drug-likeness (QED) is 0.365. The number of thioether (sulfide) groups is 1. The van der Waals surface area contributed by atoms with Crippen molar-refractivity contribution in [3.63, 3.8) is 0 Å². The molecule has 2 aliphatic rings. The number of carbonyl (C=O) groups excluding carboxylic acids is 3. The van der Waals surface area contributed by atoms with Gasteiger partial charge in [0, 0.05) is 13.1 Å². The number of benzene rings is 2. The molecule has 4 rings (SSSR count). The minimum absolute atomic E-state index is 0.0974. The Kier molecular flexibility index (Phi) is 8.04. The molecule has 0 aromatic heterocycles. The Bertz CT molecular complexity index is 1150. The summed E-state index contributed by atoms with van der Waals surface area (Å²) in [6, 6.07) is 15.4. The van der Waals surface area contributed by atoms with Crippen molar-refractivity contribution in [2.24, 2.45) is 0 Å². The largest absolute Gasteiger partial charge is 0.490 e. The zero-order valence-corrected chi connectivity index (χ0v) is 21.8. The summed E-state index contributed by atoms with van der Waals surface area (Å²) in [6.45, 7) is 8.44. The van der Waals surface area contributed by atoms with Crippen LogP contribution in [-0.2, 0) is 15.0 Å². The molecule has 0 spiro atoms. The Morgan fingerprint density at radius 2 is 1.64 bits per heavy atom. The van der Waals surface area contributed by atoms with Gasteiger partial charge in [0.2, 0.25) is 5.91 Å². The molecule has 2 saturated heterocycles. The van der Waals surface area contributed by atoms with Gasteiger partial charge in [-0.15, -0.1) is 0 Å². The normalized spacial score (nSPS) is 17.2. The fraction of sp³-hybridized carbons (Fsp3) is 0.393. The van der Waals surface area contributed by atoms with Crippen molar-refractivity contribution in [3.8, 4) is 11.5 Å². The Morgan fingerprint density at radius 3 is 2.31 bits per heavy atom. The molecular formula is C28H32N2O5S. The average Bonchev–Trinajstić information content (AvgIpc) is 3.47. The van der Waals surface area contributed by atoms with Gasteiger partial charge in [0.15, 0.2) is 0 Å². The Morgan fingerprint density at radius 1 is 0.972 bits per heavy atom. The number of amides is 3. The molecule has 2 aromatic carbocycles. The molecule has 0 radical (unpaired) electrons. The number of hydrogen-bond acceptors (Lipinski definition) is 6. The second-order valence-electron chi connectivity index (χ2n) is 9.90. The number of likely N-dealkylation sites (tertiary alicyclic amines) is 1. The second kappa shape index (κ2) is 11.2. The highest BCUT2D eigenvalue weighted by Crippen LogP contribution is 2.33. The van der Waals surface area contributed by atoms with Gasteiger partial charge in [0.25, 0.3) is 11.1 Å². The van der Waals surface area contributed by atoms with E-state index >= 15 is 0 Å². The molecule has 0 aliphatic carbocycles. The number of rotatable bonds is 8. The predicted molar refractivity (Wildman–Crippen MR) is 141 cm³/mol. The summed E-state index contributed by atoms with van der Waals surface area (Å²) >= 11 is 0.855. The summed E-state index contributed by atoms with van der Waals surface area (Å²) < 4.78 is 11.6. The van der Waals surface area contributed by atoms with Crippen molar-refractivity contribution in [2.75, 3.05) is 32.8 Å². The Labute approximate surface area is 216 Å². The van der Waals surface area contributed by atoms with E-state index in [0.717, 1.165) is 40.8 Å². The highest BCUT2D eigenvalue weighted by molar-refractivity contribution is 8.18. The van der Waals surface area contributed by atoms with Gasteiger partial charge in [-0.05, 0) is 71.5 Å². The molecule has 7 nitrogen and oxygen atoms in total. The van der Waals surface area contributed by atoms with Gasteiger partial charge in [-0.2, -0.15) is 0 Å². The third-order valence-electron chi connectivity index (χ3n) is 6.12. The monoisotopic (exact) mass is 508 g/mol. The van der Waals surface area contributed by atoms with Crippen LogP contribution in [0, 0.1) is 0 Å². The number of imide groups is 1. The molecule has 2 aliphatic heterocycles. The minimum Gasteiger partial charge on any atom is -0.490 e. The lowest BCUT2D eigenvalue weighted by Gasteiger charge is -2.19. The third-order valence-corrected chi connectivity index (χ3v) is 7.03. The zero-order valence-electron chi connectivity index (χ0n) is 21.0. The lowest BCUT2D eigenvalue weighted by atomic mass is 9.87. The van der Waals surface area contributed by atoms with Gasteiger partial charge >= 0.3 is 0 Å². The Hall–Kier alpha value is -3.26. The molecule has 2 aromatic rings. The number of nitrogens with zero attached hydrogens (tertiary/aromatic N) is 2. The van der Waals surface area contributed by atoms with Crippen LogP contribution in [0.4, 0.5) is 4.79 Å². The SMILES string of the molecule is CC(C)(C)c1ccc(OCCOc2cccc(/C=C3\SC(=O)N(CC(=O)N4CCCC4)C3=O)c2)cc1. The van der Waals surface area contributed by atoms with Gasteiger partial charge in [-0.25, -0.2) is 0 Å². The first kappa shape index (κ1) is 25.8. The summed E-state index contributed by atoms with van der Waals surface area (Å²) in [4.78, 5) is 40.6. The van der Waals surface area contributed by atoms with Crippen LogP contribution in [0.25, 0.3) is 6.08 Å². The van der Waals surface area contributed by atoms with Crippen molar-refractivity contribution >= 4 is 34.9 Å². The topological polar surface area (TPSA) is 76.2 Å². The van der Waals surface area contributed by atoms with E-state index in [1.165, 1.54) is 5.56 Å². The van der Waals surface area contributed by atoms with Gasteiger partial charge in [-0.3, -0.25) is 19.3 Å². The molecule has 0 N–H and O–H groups in total. The lowest BCUT2D eigenvalue weighted by Crippen LogP contribution is -2.40. The number of carbonyl (C=O) groups is 3. The van der Waals surface area contributed by atoms with Crippen LogP contribution >= 0.6 is 11.8 Å². The fourth-order valence-electron chi connectivity index (χ4n) is 4.05. The van der Waals surface area contributed by atoms with Crippen LogP contribution < -0.4 is 9.47 Å². The van der Waals surface area contributed by atoms with Crippen LogP contribution in [0.1, 0.15) is 44.7 Å². The number of ether oxygens (including phenoxy) is 2. The first-order valence-electron chi connectivity index (χ1n) is 12.2. The smallest absolute Gasteiger partial charge is 0.294 e. The van der Waals surface area contributed by atoms with Crippen LogP contribution in [0.2, 0.25) is 0 Å². The van der Waals surface area contributed by atoms with E-state index in [0.29, 0.717) is 37.0 Å². The van der Waals surface area contributed by atoms with Gasteiger partial charge in [0.1, 0.15) is 31.3 Å². The number of hydrogen-bond donors (Lipinski definition) is 0. The zero-order chi connectivity index (χ0) is 25.7.